The minimum atomic E-state index is -1.36. The van der Waals surface area contributed by atoms with Crippen LogP contribution in [0, 0.1) is 23.4 Å². The standard InChI is InChI=1S/C17H16F3NO2/c1-9(2)8-23-12-6-10(5-11(18)7-12)13-3-4-14(17(21)22)16(20)15(13)19/h3-7,9H,8H2,1-2H3,(H2,21,22). The van der Waals surface area contributed by atoms with Crippen LogP contribution in [0.2, 0.25) is 0 Å². The Kier molecular flexibility index (Phi) is 4.93. The summed E-state index contributed by atoms with van der Waals surface area (Å²) < 4.78 is 47.1. The molecule has 0 unspecified atom stereocenters. The number of benzene rings is 2. The van der Waals surface area contributed by atoms with Crippen LogP contribution in [-0.2, 0) is 0 Å². The summed E-state index contributed by atoms with van der Waals surface area (Å²) in [7, 11) is 0. The maximum Gasteiger partial charge on any atom is 0.251 e. The molecule has 0 atom stereocenters. The molecule has 0 aliphatic heterocycles. The van der Waals surface area contributed by atoms with Gasteiger partial charge in [0.05, 0.1) is 12.2 Å². The van der Waals surface area contributed by atoms with Crippen molar-refractivity contribution in [3.8, 4) is 16.9 Å². The topological polar surface area (TPSA) is 52.3 Å². The van der Waals surface area contributed by atoms with E-state index in [0.29, 0.717) is 6.61 Å². The van der Waals surface area contributed by atoms with Gasteiger partial charge in [0.2, 0.25) is 0 Å². The Labute approximate surface area is 131 Å². The van der Waals surface area contributed by atoms with Gasteiger partial charge in [-0.2, -0.15) is 0 Å². The summed E-state index contributed by atoms with van der Waals surface area (Å²) in [5.41, 5.74) is 4.33. The Hall–Kier alpha value is -2.50. The van der Waals surface area contributed by atoms with Gasteiger partial charge in [-0.15, -0.1) is 0 Å². The molecule has 0 aliphatic rings. The van der Waals surface area contributed by atoms with Crippen molar-refractivity contribution in [3.63, 3.8) is 0 Å². The molecule has 2 rings (SSSR count). The first-order valence-corrected chi connectivity index (χ1v) is 7.01. The molecule has 6 heteroatoms. The molecule has 0 aliphatic carbocycles. The van der Waals surface area contributed by atoms with Gasteiger partial charge < -0.3 is 10.5 Å². The van der Waals surface area contributed by atoms with E-state index in [9.17, 15) is 18.0 Å². The first kappa shape index (κ1) is 16.9. The summed E-state index contributed by atoms with van der Waals surface area (Å²) in [6.07, 6.45) is 0. The van der Waals surface area contributed by atoms with Gasteiger partial charge in [-0.1, -0.05) is 19.9 Å². The number of hydrogen-bond donors (Lipinski definition) is 1. The monoisotopic (exact) mass is 323 g/mol. The van der Waals surface area contributed by atoms with E-state index in [4.69, 9.17) is 10.5 Å². The molecule has 0 aromatic heterocycles. The number of hydrogen-bond acceptors (Lipinski definition) is 2. The lowest BCUT2D eigenvalue weighted by atomic mass is 10.0. The highest BCUT2D eigenvalue weighted by Gasteiger charge is 2.18. The van der Waals surface area contributed by atoms with Crippen molar-refractivity contribution in [2.24, 2.45) is 11.7 Å². The molecule has 0 spiro atoms. The van der Waals surface area contributed by atoms with E-state index in [0.717, 1.165) is 18.2 Å². The fourth-order valence-corrected chi connectivity index (χ4v) is 2.03. The number of carbonyl (C=O) groups excluding carboxylic acids is 1. The van der Waals surface area contributed by atoms with Crippen LogP contribution in [-0.4, -0.2) is 12.5 Å². The predicted molar refractivity (Wildman–Crippen MR) is 80.6 cm³/mol. The fourth-order valence-electron chi connectivity index (χ4n) is 2.03. The van der Waals surface area contributed by atoms with Crippen molar-refractivity contribution in [1.82, 2.24) is 0 Å². The molecule has 0 radical (unpaired) electrons. The average Bonchev–Trinajstić information content (AvgIpc) is 2.47. The first-order chi connectivity index (χ1) is 10.8. The van der Waals surface area contributed by atoms with Gasteiger partial charge in [-0.05, 0) is 29.7 Å². The molecular formula is C17H16F3NO2. The third kappa shape index (κ3) is 3.83. The van der Waals surface area contributed by atoms with Crippen molar-refractivity contribution >= 4 is 5.91 Å². The Balaban J connectivity index is 2.46. The zero-order valence-corrected chi connectivity index (χ0v) is 12.7. The van der Waals surface area contributed by atoms with Gasteiger partial charge in [0.1, 0.15) is 11.6 Å². The van der Waals surface area contributed by atoms with Crippen LogP contribution in [0.5, 0.6) is 5.75 Å². The number of carbonyl (C=O) groups is 1. The van der Waals surface area contributed by atoms with Crippen LogP contribution >= 0.6 is 0 Å². The lowest BCUT2D eigenvalue weighted by molar-refractivity contribution is 0.0995. The van der Waals surface area contributed by atoms with E-state index in [1.807, 2.05) is 13.8 Å². The molecule has 0 bridgehead atoms. The molecule has 2 N–H and O–H groups in total. The Bertz CT molecular complexity index is 745. The highest BCUT2D eigenvalue weighted by atomic mass is 19.2. The van der Waals surface area contributed by atoms with Gasteiger partial charge in [0, 0.05) is 11.6 Å². The second-order valence-electron chi connectivity index (χ2n) is 5.53. The van der Waals surface area contributed by atoms with Crippen molar-refractivity contribution in [2.45, 2.75) is 13.8 Å². The molecule has 0 saturated heterocycles. The average molecular weight is 323 g/mol. The Morgan fingerprint density at radius 1 is 1.13 bits per heavy atom. The third-order valence-corrected chi connectivity index (χ3v) is 3.11. The smallest absolute Gasteiger partial charge is 0.251 e. The largest absolute Gasteiger partial charge is 0.493 e. The van der Waals surface area contributed by atoms with Crippen LogP contribution < -0.4 is 10.5 Å². The maximum atomic E-state index is 14.1. The summed E-state index contributed by atoms with van der Waals surface area (Å²) in [5.74, 6) is -3.89. The van der Waals surface area contributed by atoms with E-state index < -0.39 is 28.9 Å². The van der Waals surface area contributed by atoms with E-state index in [-0.39, 0.29) is 22.8 Å². The Morgan fingerprint density at radius 2 is 1.83 bits per heavy atom. The number of halogens is 3. The van der Waals surface area contributed by atoms with Crippen LogP contribution in [0.3, 0.4) is 0 Å². The van der Waals surface area contributed by atoms with Crippen molar-refractivity contribution in [1.29, 1.82) is 0 Å². The molecule has 23 heavy (non-hydrogen) atoms. The molecule has 122 valence electrons. The molecule has 0 fully saturated rings. The van der Waals surface area contributed by atoms with Crippen molar-refractivity contribution < 1.29 is 22.7 Å². The highest BCUT2D eigenvalue weighted by molar-refractivity contribution is 5.93. The number of rotatable bonds is 5. The molecular weight excluding hydrogens is 307 g/mol. The van der Waals surface area contributed by atoms with Gasteiger partial charge in [-0.3, -0.25) is 4.79 Å². The third-order valence-electron chi connectivity index (χ3n) is 3.11. The number of amides is 1. The number of ether oxygens (including phenoxy) is 1. The normalized spacial score (nSPS) is 10.9. The summed E-state index contributed by atoms with van der Waals surface area (Å²) >= 11 is 0. The van der Waals surface area contributed by atoms with Gasteiger partial charge in [-0.25, -0.2) is 13.2 Å². The summed E-state index contributed by atoms with van der Waals surface area (Å²) in [6, 6.07) is 5.88. The second kappa shape index (κ2) is 6.73. The molecule has 2 aromatic rings. The molecule has 0 heterocycles. The van der Waals surface area contributed by atoms with Crippen LogP contribution in [0.4, 0.5) is 13.2 Å². The first-order valence-electron chi connectivity index (χ1n) is 7.01. The van der Waals surface area contributed by atoms with Crippen molar-refractivity contribution in [3.05, 3.63) is 53.3 Å². The van der Waals surface area contributed by atoms with Crippen LogP contribution in [0.15, 0.2) is 30.3 Å². The van der Waals surface area contributed by atoms with Crippen LogP contribution in [0.1, 0.15) is 24.2 Å². The molecule has 1 amide bonds. The number of primary amides is 1. The lowest BCUT2D eigenvalue weighted by Crippen LogP contribution is -2.14. The van der Waals surface area contributed by atoms with Gasteiger partial charge in [0.25, 0.3) is 5.91 Å². The Morgan fingerprint density at radius 3 is 2.43 bits per heavy atom. The minimum absolute atomic E-state index is 0.108. The van der Waals surface area contributed by atoms with E-state index in [1.165, 1.54) is 12.1 Å². The fraction of sp³-hybridized carbons (Fsp3) is 0.235. The van der Waals surface area contributed by atoms with Gasteiger partial charge >= 0.3 is 0 Å². The van der Waals surface area contributed by atoms with E-state index >= 15 is 0 Å². The summed E-state index contributed by atoms with van der Waals surface area (Å²) in [4.78, 5) is 11.0. The lowest BCUT2D eigenvalue weighted by Gasteiger charge is -2.12. The van der Waals surface area contributed by atoms with Crippen LogP contribution in [0.25, 0.3) is 11.1 Å². The molecule has 2 aromatic carbocycles. The van der Waals surface area contributed by atoms with E-state index in [2.05, 4.69) is 0 Å². The number of nitrogens with two attached hydrogens (primary N) is 1. The summed E-state index contributed by atoms with van der Waals surface area (Å²) in [6.45, 7) is 4.22. The zero-order chi connectivity index (χ0) is 17.1. The highest BCUT2D eigenvalue weighted by Crippen LogP contribution is 2.30. The second-order valence-corrected chi connectivity index (χ2v) is 5.53. The summed E-state index contributed by atoms with van der Waals surface area (Å²) in [5, 5.41) is 0. The van der Waals surface area contributed by atoms with Gasteiger partial charge in [0.15, 0.2) is 11.6 Å². The van der Waals surface area contributed by atoms with Crippen molar-refractivity contribution in [2.75, 3.05) is 6.61 Å². The SMILES string of the molecule is CC(C)COc1cc(F)cc(-c2ccc(C(N)=O)c(F)c2F)c1. The minimum Gasteiger partial charge on any atom is -0.493 e. The maximum absolute atomic E-state index is 14.1. The zero-order valence-electron chi connectivity index (χ0n) is 12.7. The molecule has 0 saturated carbocycles. The predicted octanol–water partition coefficient (Wildman–Crippen LogP) is 3.90. The van der Waals surface area contributed by atoms with E-state index in [1.54, 1.807) is 0 Å². The quantitative estimate of drug-likeness (QED) is 0.907. The molecule has 3 nitrogen and oxygen atoms in total.